The van der Waals surface area contributed by atoms with Crippen molar-refractivity contribution in [2.24, 2.45) is 11.7 Å². The maximum Gasteiger partial charge on any atom is 0.127 e. The van der Waals surface area contributed by atoms with Gasteiger partial charge in [0.15, 0.2) is 0 Å². The van der Waals surface area contributed by atoms with Gasteiger partial charge in [-0.3, -0.25) is 5.41 Å². The molecule has 0 saturated heterocycles. The van der Waals surface area contributed by atoms with Crippen LogP contribution in [0.5, 0.6) is 5.75 Å². The van der Waals surface area contributed by atoms with Crippen molar-refractivity contribution in [1.29, 1.82) is 5.41 Å². The average Bonchev–Trinajstić information content (AvgIpc) is 2.74. The molecule has 7 N–H and O–H groups in total. The van der Waals surface area contributed by atoms with Crippen molar-refractivity contribution in [3.05, 3.63) is 89.8 Å². The maximum atomic E-state index is 8.07. The van der Waals surface area contributed by atoms with Gasteiger partial charge in [0, 0.05) is 23.4 Å². The normalized spacial score (nSPS) is 15.7. The van der Waals surface area contributed by atoms with E-state index in [0.29, 0.717) is 34.7 Å². The van der Waals surface area contributed by atoms with Gasteiger partial charge in [0.2, 0.25) is 0 Å². The molecule has 0 saturated carbocycles. The number of nitrogens with zero attached hydrogens (tertiary/aromatic N) is 1. The number of aromatic nitrogens is 1. The quantitative estimate of drug-likeness (QED) is 0.278. The summed E-state index contributed by atoms with van der Waals surface area (Å²) in [6.07, 6.45) is 4.62. The minimum Gasteiger partial charge on any atom is -0.462 e. The molecule has 3 aromatic rings. The second-order valence-electron chi connectivity index (χ2n) is 7.63. The molecular weight excluding hydrogens is 386 g/mol. The Kier molecular flexibility index (Phi) is 5.45. The van der Waals surface area contributed by atoms with Crippen molar-refractivity contribution in [2.75, 3.05) is 11.5 Å². The average molecular weight is 412 g/mol. The molecule has 0 bridgehead atoms. The molecule has 6 heteroatoms. The summed E-state index contributed by atoms with van der Waals surface area (Å²) in [5.74, 6) is 1.67. The van der Waals surface area contributed by atoms with Gasteiger partial charge >= 0.3 is 0 Å². The van der Waals surface area contributed by atoms with E-state index in [-0.39, 0.29) is 11.8 Å². The van der Waals surface area contributed by atoms with E-state index in [9.17, 15) is 0 Å². The molecule has 0 radical (unpaired) electrons. The minimum atomic E-state index is -0.104. The standard InChI is InChI=1S/C25H25N5O/c1-15-13-19(31-18-5-3-2-4-6-18)11-12-20(15)24-23(25(28)29)21(27)14-22(30-24)16-7-9-17(26)10-8-16/h2-12,14-15H,13,26H2,1H3,(H2,27,30)(H3,28,29). The third-order valence-corrected chi connectivity index (χ3v) is 5.28. The number of hydrogen-bond acceptors (Lipinski definition) is 5. The van der Waals surface area contributed by atoms with Gasteiger partial charge in [-0.25, -0.2) is 4.98 Å². The molecule has 4 rings (SSSR count). The highest BCUT2D eigenvalue weighted by Gasteiger charge is 2.24. The zero-order valence-electron chi connectivity index (χ0n) is 17.3. The van der Waals surface area contributed by atoms with Gasteiger partial charge in [0.25, 0.3) is 0 Å². The Morgan fingerprint density at radius 3 is 2.39 bits per heavy atom. The Hall–Kier alpha value is -4.06. The van der Waals surface area contributed by atoms with E-state index in [1.54, 1.807) is 6.07 Å². The summed E-state index contributed by atoms with van der Waals surface area (Å²) in [5, 5.41) is 8.07. The zero-order valence-corrected chi connectivity index (χ0v) is 17.3. The maximum absolute atomic E-state index is 8.07. The predicted molar refractivity (Wildman–Crippen MR) is 126 cm³/mol. The number of nitrogens with one attached hydrogen (secondary N) is 1. The highest BCUT2D eigenvalue weighted by Crippen LogP contribution is 2.36. The first-order valence-corrected chi connectivity index (χ1v) is 10.1. The van der Waals surface area contributed by atoms with Gasteiger partial charge in [0.05, 0.1) is 17.0 Å². The lowest BCUT2D eigenvalue weighted by Crippen LogP contribution is -2.20. The van der Waals surface area contributed by atoms with E-state index in [1.165, 1.54) is 0 Å². The first-order valence-electron chi connectivity index (χ1n) is 10.1. The molecule has 1 aliphatic carbocycles. The van der Waals surface area contributed by atoms with Crippen LogP contribution in [0.15, 0.2) is 78.6 Å². The fraction of sp³-hybridized carbons (Fsp3) is 0.120. The van der Waals surface area contributed by atoms with Crippen molar-refractivity contribution in [2.45, 2.75) is 13.3 Å². The number of rotatable bonds is 5. The zero-order chi connectivity index (χ0) is 22.0. The van der Waals surface area contributed by atoms with Crippen LogP contribution in [0, 0.1) is 11.3 Å². The van der Waals surface area contributed by atoms with Crippen LogP contribution in [-0.2, 0) is 0 Å². The van der Waals surface area contributed by atoms with Crippen LogP contribution in [0.4, 0.5) is 11.4 Å². The molecule has 2 aromatic carbocycles. The lowest BCUT2D eigenvalue weighted by Gasteiger charge is -2.24. The summed E-state index contributed by atoms with van der Waals surface area (Å²) < 4.78 is 6.01. The van der Waals surface area contributed by atoms with E-state index in [0.717, 1.165) is 22.6 Å². The van der Waals surface area contributed by atoms with E-state index >= 15 is 0 Å². The van der Waals surface area contributed by atoms with Crippen LogP contribution < -0.4 is 21.9 Å². The van der Waals surface area contributed by atoms with Crippen LogP contribution in [0.2, 0.25) is 0 Å². The third-order valence-electron chi connectivity index (χ3n) is 5.28. The summed E-state index contributed by atoms with van der Waals surface area (Å²) in [6, 6.07) is 18.9. The summed E-state index contributed by atoms with van der Waals surface area (Å²) in [5.41, 5.74) is 22.8. The molecule has 0 aliphatic heterocycles. The van der Waals surface area contributed by atoms with Crippen LogP contribution in [-0.4, -0.2) is 10.8 Å². The SMILES string of the molecule is CC1CC(Oc2ccccc2)=CC=C1c1nc(-c2ccc(N)cc2)cc(N)c1C(=N)N. The molecule has 6 nitrogen and oxygen atoms in total. The largest absolute Gasteiger partial charge is 0.462 e. The highest BCUT2D eigenvalue weighted by atomic mass is 16.5. The number of amidine groups is 1. The number of anilines is 2. The van der Waals surface area contributed by atoms with Crippen molar-refractivity contribution in [3.63, 3.8) is 0 Å². The number of nitrogen functional groups attached to an aromatic ring is 3. The van der Waals surface area contributed by atoms with Crippen LogP contribution in [0.3, 0.4) is 0 Å². The van der Waals surface area contributed by atoms with Crippen molar-refractivity contribution in [1.82, 2.24) is 4.98 Å². The van der Waals surface area contributed by atoms with Gasteiger partial charge in [-0.15, -0.1) is 0 Å². The number of hydrogen-bond donors (Lipinski definition) is 4. The molecule has 0 amide bonds. The number of para-hydroxylation sites is 1. The molecule has 0 spiro atoms. The predicted octanol–water partition coefficient (Wildman–Crippen LogP) is 4.58. The minimum absolute atomic E-state index is 0.104. The van der Waals surface area contributed by atoms with E-state index in [4.69, 9.17) is 32.3 Å². The van der Waals surface area contributed by atoms with Crippen LogP contribution in [0.1, 0.15) is 24.6 Å². The smallest absolute Gasteiger partial charge is 0.127 e. The Morgan fingerprint density at radius 1 is 1.03 bits per heavy atom. The van der Waals surface area contributed by atoms with Crippen LogP contribution in [0.25, 0.3) is 16.8 Å². The van der Waals surface area contributed by atoms with E-state index < -0.39 is 0 Å². The number of pyridine rings is 1. The molecule has 1 heterocycles. The van der Waals surface area contributed by atoms with E-state index in [1.807, 2.05) is 66.7 Å². The fourth-order valence-electron chi connectivity index (χ4n) is 3.71. The molecule has 1 atom stereocenters. The lowest BCUT2D eigenvalue weighted by atomic mass is 9.87. The highest BCUT2D eigenvalue weighted by molar-refractivity contribution is 6.04. The number of benzene rings is 2. The monoisotopic (exact) mass is 411 g/mol. The van der Waals surface area contributed by atoms with Gasteiger partial charge in [0.1, 0.15) is 17.3 Å². The van der Waals surface area contributed by atoms with Crippen LogP contribution >= 0.6 is 0 Å². The molecule has 0 fully saturated rings. The Morgan fingerprint density at radius 2 is 1.74 bits per heavy atom. The molecule has 31 heavy (non-hydrogen) atoms. The van der Waals surface area contributed by atoms with Gasteiger partial charge < -0.3 is 21.9 Å². The Balaban J connectivity index is 1.76. The van der Waals surface area contributed by atoms with Gasteiger partial charge in [-0.2, -0.15) is 0 Å². The van der Waals surface area contributed by atoms with E-state index in [2.05, 4.69) is 6.92 Å². The Bertz CT molecular complexity index is 1180. The Labute approximate surface area is 181 Å². The summed E-state index contributed by atoms with van der Waals surface area (Å²) in [6.45, 7) is 2.10. The molecule has 1 aromatic heterocycles. The van der Waals surface area contributed by atoms with Gasteiger partial charge in [-0.05, 0) is 47.9 Å². The first kappa shape index (κ1) is 20.2. The van der Waals surface area contributed by atoms with Crippen molar-refractivity contribution < 1.29 is 4.74 Å². The summed E-state index contributed by atoms with van der Waals surface area (Å²) in [7, 11) is 0. The lowest BCUT2D eigenvalue weighted by molar-refractivity contribution is 0.387. The topological polar surface area (TPSA) is 124 Å². The molecule has 1 unspecified atom stereocenters. The first-order chi connectivity index (χ1) is 14.9. The third kappa shape index (κ3) is 4.28. The number of nitrogens with two attached hydrogens (primary N) is 3. The molecular formula is C25H25N5O. The summed E-state index contributed by atoms with van der Waals surface area (Å²) in [4.78, 5) is 4.86. The molecule has 1 aliphatic rings. The van der Waals surface area contributed by atoms with Gasteiger partial charge in [-0.1, -0.05) is 43.3 Å². The second-order valence-corrected chi connectivity index (χ2v) is 7.63. The number of allylic oxidation sites excluding steroid dienone is 4. The molecule has 156 valence electrons. The summed E-state index contributed by atoms with van der Waals surface area (Å²) >= 11 is 0. The fourth-order valence-corrected chi connectivity index (χ4v) is 3.71. The second kappa shape index (κ2) is 8.36. The van der Waals surface area contributed by atoms with Crippen molar-refractivity contribution in [3.8, 4) is 17.0 Å². The number of ether oxygens (including phenoxy) is 1. The van der Waals surface area contributed by atoms with Crippen molar-refractivity contribution >= 4 is 22.8 Å².